The second kappa shape index (κ2) is 13.6. The predicted octanol–water partition coefficient (Wildman–Crippen LogP) is 3.32. The van der Waals surface area contributed by atoms with Gasteiger partial charge in [-0.3, -0.25) is 14.4 Å². The van der Waals surface area contributed by atoms with Gasteiger partial charge < -0.3 is 30.1 Å². The Balaban J connectivity index is 2.52. The third kappa shape index (κ3) is 9.31. The van der Waals surface area contributed by atoms with Gasteiger partial charge in [0.2, 0.25) is 11.8 Å². The summed E-state index contributed by atoms with van der Waals surface area (Å²) in [6.45, 7) is 10.3. The zero-order chi connectivity index (χ0) is 29.3. The number of alkyl carbamates (subject to hydrolysis) is 1. The summed E-state index contributed by atoms with van der Waals surface area (Å²) in [5.74, 6) is -1.65. The van der Waals surface area contributed by atoms with E-state index in [1.165, 1.54) is 24.1 Å². The number of rotatable bonds is 10. The van der Waals surface area contributed by atoms with E-state index in [-0.39, 0.29) is 25.3 Å². The Kier molecular flexibility index (Phi) is 10.9. The lowest BCUT2D eigenvalue weighted by atomic mass is 9.95. The largest absolute Gasteiger partial charge is 0.508 e. The van der Waals surface area contributed by atoms with Gasteiger partial charge in [-0.15, -0.1) is 0 Å². The smallest absolute Gasteiger partial charge is 0.408 e. The van der Waals surface area contributed by atoms with Crippen molar-refractivity contribution in [3.05, 3.63) is 64.7 Å². The molecule has 0 saturated carbocycles. The number of ether oxygens (including phenoxy) is 2. The van der Waals surface area contributed by atoms with Crippen molar-refractivity contribution in [2.75, 3.05) is 20.2 Å². The highest BCUT2D eigenvalue weighted by atomic mass is 16.6. The molecule has 10 heteroatoms. The number of phenols is 1. The number of aromatic hydroxyl groups is 1. The number of likely N-dealkylation sites (N-methyl/N-ethyl adjacent to an activating group) is 1. The second-order valence-electron chi connectivity index (χ2n) is 10.3. The molecule has 0 heterocycles. The van der Waals surface area contributed by atoms with Gasteiger partial charge in [0.15, 0.2) is 0 Å². The Labute approximate surface area is 229 Å². The number of hydrogen-bond acceptors (Lipinski definition) is 7. The quantitative estimate of drug-likeness (QED) is 0.393. The Bertz CT molecular complexity index is 1170. The summed E-state index contributed by atoms with van der Waals surface area (Å²) in [5, 5.41) is 14.9. The van der Waals surface area contributed by atoms with Crippen LogP contribution in [-0.2, 0) is 30.3 Å². The standard InChI is InChI=1S/C29H39N3O7/c1-8-32(25(26(35)30-17-24(34)38-7)22-15-18(2)9-10-19(22)3)27(36)23(31-28(37)39-29(4,5)6)16-20-11-13-21(33)14-12-20/h9-15,23,25,33H,8,16-17H2,1-7H3,(H,30,35)(H,31,37). The fourth-order valence-corrected chi connectivity index (χ4v) is 4.02. The van der Waals surface area contributed by atoms with Crippen molar-refractivity contribution >= 4 is 23.9 Å². The van der Waals surface area contributed by atoms with Crippen LogP contribution in [0.4, 0.5) is 4.79 Å². The lowest BCUT2D eigenvalue weighted by Crippen LogP contribution is -2.54. The van der Waals surface area contributed by atoms with Crippen LogP contribution in [-0.4, -0.2) is 65.7 Å². The average Bonchev–Trinajstić information content (AvgIpc) is 2.86. The highest BCUT2D eigenvalue weighted by Gasteiger charge is 2.36. The van der Waals surface area contributed by atoms with Crippen LogP contribution in [0.1, 0.15) is 56.0 Å². The molecule has 10 nitrogen and oxygen atoms in total. The van der Waals surface area contributed by atoms with Crippen LogP contribution in [0.2, 0.25) is 0 Å². The molecule has 0 radical (unpaired) electrons. The van der Waals surface area contributed by atoms with Gasteiger partial charge in [0.25, 0.3) is 0 Å². The maximum atomic E-state index is 14.1. The molecule has 2 aromatic rings. The summed E-state index contributed by atoms with van der Waals surface area (Å²) in [5.41, 5.74) is 2.14. The van der Waals surface area contributed by atoms with E-state index in [9.17, 15) is 24.3 Å². The molecule has 3 N–H and O–H groups in total. The number of amides is 3. The minimum absolute atomic E-state index is 0.0641. The topological polar surface area (TPSA) is 134 Å². The fourth-order valence-electron chi connectivity index (χ4n) is 4.02. The molecular formula is C29H39N3O7. The first-order valence-electron chi connectivity index (χ1n) is 12.7. The monoisotopic (exact) mass is 541 g/mol. The van der Waals surface area contributed by atoms with Gasteiger partial charge in [0, 0.05) is 13.0 Å². The van der Waals surface area contributed by atoms with Gasteiger partial charge in [0.05, 0.1) is 7.11 Å². The van der Waals surface area contributed by atoms with Crippen LogP contribution in [0.25, 0.3) is 0 Å². The molecule has 0 bridgehead atoms. The van der Waals surface area contributed by atoms with Crippen LogP contribution in [0.3, 0.4) is 0 Å². The van der Waals surface area contributed by atoms with Crippen LogP contribution < -0.4 is 10.6 Å². The first-order chi connectivity index (χ1) is 18.2. The van der Waals surface area contributed by atoms with Gasteiger partial charge in [-0.05, 0) is 70.4 Å². The van der Waals surface area contributed by atoms with Gasteiger partial charge in [-0.2, -0.15) is 0 Å². The minimum Gasteiger partial charge on any atom is -0.508 e. The number of aryl methyl sites for hydroxylation is 2. The maximum Gasteiger partial charge on any atom is 0.408 e. The predicted molar refractivity (Wildman–Crippen MR) is 146 cm³/mol. The van der Waals surface area contributed by atoms with Crippen molar-refractivity contribution in [3.63, 3.8) is 0 Å². The normalized spacial score (nSPS) is 12.6. The van der Waals surface area contributed by atoms with Gasteiger partial charge in [-0.1, -0.05) is 35.9 Å². The van der Waals surface area contributed by atoms with Crippen LogP contribution >= 0.6 is 0 Å². The molecule has 0 aliphatic heterocycles. The molecule has 212 valence electrons. The Morgan fingerprint density at radius 3 is 2.23 bits per heavy atom. The molecule has 39 heavy (non-hydrogen) atoms. The van der Waals surface area contributed by atoms with Crippen LogP contribution in [0.15, 0.2) is 42.5 Å². The lowest BCUT2D eigenvalue weighted by molar-refractivity contribution is -0.144. The molecule has 2 atom stereocenters. The number of hydrogen-bond donors (Lipinski definition) is 3. The molecule has 0 aliphatic carbocycles. The number of nitrogens with zero attached hydrogens (tertiary/aromatic N) is 1. The van der Waals surface area contributed by atoms with Crippen molar-refractivity contribution in [3.8, 4) is 5.75 Å². The molecule has 2 rings (SSSR count). The summed E-state index contributed by atoms with van der Waals surface area (Å²) < 4.78 is 10.0. The van der Waals surface area contributed by atoms with Crippen molar-refractivity contribution < 1.29 is 33.8 Å². The van der Waals surface area contributed by atoms with Crippen LogP contribution in [0.5, 0.6) is 5.75 Å². The fraction of sp³-hybridized carbons (Fsp3) is 0.448. The SMILES string of the molecule is CCN(C(=O)C(Cc1ccc(O)cc1)NC(=O)OC(C)(C)C)C(C(=O)NCC(=O)OC)c1cc(C)ccc1C. The number of carbonyl (C=O) groups excluding carboxylic acids is 4. The average molecular weight is 542 g/mol. The van der Waals surface area contributed by atoms with Crippen molar-refractivity contribution in [1.82, 2.24) is 15.5 Å². The lowest BCUT2D eigenvalue weighted by Gasteiger charge is -2.34. The zero-order valence-corrected chi connectivity index (χ0v) is 23.7. The van der Waals surface area contributed by atoms with Crippen LogP contribution in [0, 0.1) is 13.8 Å². The van der Waals surface area contributed by atoms with E-state index in [0.29, 0.717) is 11.1 Å². The van der Waals surface area contributed by atoms with Crippen molar-refractivity contribution in [2.45, 2.75) is 65.6 Å². The molecule has 2 aromatic carbocycles. The summed E-state index contributed by atoms with van der Waals surface area (Å²) in [6, 6.07) is 9.67. The first kappa shape index (κ1) is 31.1. The van der Waals surface area contributed by atoms with E-state index in [0.717, 1.165) is 11.1 Å². The van der Waals surface area contributed by atoms with E-state index in [1.54, 1.807) is 39.8 Å². The number of esters is 1. The van der Waals surface area contributed by atoms with Crippen molar-refractivity contribution in [1.29, 1.82) is 0 Å². The summed E-state index contributed by atoms with van der Waals surface area (Å²) in [7, 11) is 1.22. The molecule has 2 unspecified atom stereocenters. The molecule has 0 saturated heterocycles. The zero-order valence-electron chi connectivity index (χ0n) is 23.7. The maximum absolute atomic E-state index is 14.1. The number of phenolic OH excluding ortho intramolecular Hbond substituents is 1. The number of methoxy groups -OCH3 is 1. The molecule has 0 aromatic heterocycles. The third-order valence-corrected chi connectivity index (χ3v) is 5.91. The van der Waals surface area contributed by atoms with E-state index in [2.05, 4.69) is 15.4 Å². The Morgan fingerprint density at radius 2 is 1.67 bits per heavy atom. The Hall–Kier alpha value is -4.08. The molecule has 0 fully saturated rings. The van der Waals surface area contributed by atoms with E-state index >= 15 is 0 Å². The second-order valence-corrected chi connectivity index (χ2v) is 10.3. The Morgan fingerprint density at radius 1 is 1.03 bits per heavy atom. The molecule has 0 aliphatic rings. The molecule has 0 spiro atoms. The molecule has 3 amide bonds. The first-order valence-corrected chi connectivity index (χ1v) is 12.7. The minimum atomic E-state index is -1.09. The summed E-state index contributed by atoms with van der Waals surface area (Å²) >= 11 is 0. The summed E-state index contributed by atoms with van der Waals surface area (Å²) in [6.07, 6.45) is -0.702. The highest BCUT2D eigenvalue weighted by molar-refractivity contribution is 5.93. The van der Waals surface area contributed by atoms with E-state index in [4.69, 9.17) is 4.74 Å². The molecular weight excluding hydrogens is 502 g/mol. The third-order valence-electron chi connectivity index (χ3n) is 5.91. The number of nitrogens with one attached hydrogen (secondary N) is 2. The van der Waals surface area contributed by atoms with E-state index < -0.39 is 41.6 Å². The van der Waals surface area contributed by atoms with Gasteiger partial charge >= 0.3 is 12.1 Å². The van der Waals surface area contributed by atoms with Gasteiger partial charge in [0.1, 0.15) is 30.0 Å². The number of benzene rings is 2. The van der Waals surface area contributed by atoms with E-state index in [1.807, 2.05) is 32.0 Å². The highest BCUT2D eigenvalue weighted by Crippen LogP contribution is 2.27. The van der Waals surface area contributed by atoms with Crippen molar-refractivity contribution in [2.24, 2.45) is 0 Å². The number of carbonyl (C=O) groups is 4. The summed E-state index contributed by atoms with van der Waals surface area (Å²) in [4.78, 5) is 53.5. The van der Waals surface area contributed by atoms with Gasteiger partial charge in [-0.25, -0.2) is 4.79 Å².